The van der Waals surface area contributed by atoms with Crippen molar-refractivity contribution in [2.75, 3.05) is 0 Å². The Kier molecular flexibility index (Phi) is 4.58. The number of hydrogen-bond acceptors (Lipinski definition) is 6. The van der Waals surface area contributed by atoms with Crippen molar-refractivity contribution in [1.82, 2.24) is 9.97 Å². The number of nitrogens with zero attached hydrogens (tertiary/aromatic N) is 2. The molecular formula is C18H14N2O3S2. The Morgan fingerprint density at radius 3 is 2.60 bits per heavy atom. The summed E-state index contributed by atoms with van der Waals surface area (Å²) in [6.07, 6.45) is 3.18. The van der Waals surface area contributed by atoms with E-state index in [1.165, 1.54) is 11.3 Å². The molecule has 0 amide bonds. The van der Waals surface area contributed by atoms with Crippen molar-refractivity contribution in [2.24, 2.45) is 0 Å². The van der Waals surface area contributed by atoms with Crippen molar-refractivity contribution >= 4 is 22.1 Å². The summed E-state index contributed by atoms with van der Waals surface area (Å²) < 4.78 is 23.2. The van der Waals surface area contributed by atoms with Crippen molar-refractivity contribution in [2.45, 2.75) is 11.5 Å². The smallest absolute Gasteiger partial charge is 0.226 e. The third-order valence-electron chi connectivity index (χ3n) is 3.47. The van der Waals surface area contributed by atoms with Crippen LogP contribution in [0, 0.1) is 0 Å². The van der Waals surface area contributed by atoms with Crippen molar-refractivity contribution in [1.29, 1.82) is 0 Å². The molecule has 126 valence electrons. The van der Waals surface area contributed by atoms with Crippen LogP contribution < -0.4 is 0 Å². The molecule has 0 fully saturated rings. The molecule has 0 spiro atoms. The summed E-state index contributed by atoms with van der Waals surface area (Å²) in [5.41, 5.74) is 2.38. The van der Waals surface area contributed by atoms with Gasteiger partial charge in [0, 0.05) is 21.7 Å². The standard InChI is InChI=1S/C18H14N2O3S2/c21-25(12-15-10-24-18(20-15)16-7-4-8-22-16)11-14-9-23-17(19-14)13-5-2-1-3-6-13/h1-10H,11-12H2/t25-/m1/s1. The van der Waals surface area contributed by atoms with Crippen molar-refractivity contribution in [3.63, 3.8) is 0 Å². The maximum Gasteiger partial charge on any atom is 0.226 e. The first-order chi connectivity index (χ1) is 12.3. The minimum atomic E-state index is -1.11. The second-order valence-corrected chi connectivity index (χ2v) is 7.67. The number of hydrogen-bond donors (Lipinski definition) is 0. The monoisotopic (exact) mass is 370 g/mol. The number of benzene rings is 1. The van der Waals surface area contributed by atoms with Gasteiger partial charge < -0.3 is 8.83 Å². The molecule has 0 N–H and O–H groups in total. The predicted octanol–water partition coefficient (Wildman–Crippen LogP) is 4.51. The number of oxazole rings is 1. The molecule has 0 radical (unpaired) electrons. The normalized spacial score (nSPS) is 12.3. The molecule has 1 aromatic carbocycles. The maximum atomic E-state index is 12.4. The predicted molar refractivity (Wildman–Crippen MR) is 97.3 cm³/mol. The lowest BCUT2D eigenvalue weighted by atomic mass is 10.2. The van der Waals surface area contributed by atoms with Crippen LogP contribution in [0.5, 0.6) is 0 Å². The van der Waals surface area contributed by atoms with Crippen LogP contribution in [0.15, 0.2) is 69.2 Å². The Bertz CT molecular complexity index is 975. The van der Waals surface area contributed by atoms with Crippen LogP contribution in [0.2, 0.25) is 0 Å². The highest BCUT2D eigenvalue weighted by atomic mass is 32.2. The van der Waals surface area contributed by atoms with Gasteiger partial charge in [-0.1, -0.05) is 18.2 Å². The van der Waals surface area contributed by atoms with Crippen LogP contribution in [0.1, 0.15) is 11.4 Å². The van der Waals surface area contributed by atoms with E-state index in [-0.39, 0.29) is 0 Å². The van der Waals surface area contributed by atoms with Gasteiger partial charge in [0.2, 0.25) is 5.89 Å². The molecule has 3 aromatic heterocycles. The van der Waals surface area contributed by atoms with E-state index in [4.69, 9.17) is 8.83 Å². The molecule has 5 nitrogen and oxygen atoms in total. The third kappa shape index (κ3) is 3.78. The number of rotatable bonds is 6. The van der Waals surface area contributed by atoms with E-state index in [0.29, 0.717) is 23.1 Å². The second kappa shape index (κ2) is 7.16. The molecule has 3 heterocycles. The van der Waals surface area contributed by atoms with E-state index in [9.17, 15) is 4.21 Å². The zero-order chi connectivity index (χ0) is 17.1. The summed E-state index contributed by atoms with van der Waals surface area (Å²) >= 11 is 1.48. The summed E-state index contributed by atoms with van der Waals surface area (Å²) in [6, 6.07) is 13.3. The number of thiazole rings is 1. The first-order valence-corrected chi connectivity index (χ1v) is 9.98. The summed E-state index contributed by atoms with van der Waals surface area (Å²) in [7, 11) is -1.11. The highest BCUT2D eigenvalue weighted by Crippen LogP contribution is 2.25. The topological polar surface area (TPSA) is 69.1 Å². The van der Waals surface area contributed by atoms with E-state index < -0.39 is 10.8 Å². The Morgan fingerprint density at radius 2 is 1.80 bits per heavy atom. The fraction of sp³-hybridized carbons (Fsp3) is 0.111. The van der Waals surface area contributed by atoms with Crippen LogP contribution in [0.25, 0.3) is 22.2 Å². The molecular weight excluding hydrogens is 356 g/mol. The van der Waals surface area contributed by atoms with Gasteiger partial charge in [-0.05, 0) is 24.3 Å². The first kappa shape index (κ1) is 16.0. The number of aromatic nitrogens is 2. The lowest BCUT2D eigenvalue weighted by molar-refractivity contribution is 0.573. The van der Waals surface area contributed by atoms with E-state index in [2.05, 4.69) is 9.97 Å². The zero-order valence-corrected chi connectivity index (χ0v) is 14.8. The fourth-order valence-corrected chi connectivity index (χ4v) is 4.29. The van der Waals surface area contributed by atoms with Gasteiger partial charge in [0.1, 0.15) is 6.26 Å². The Labute approximate surface area is 150 Å². The average Bonchev–Trinajstić information content (AvgIpc) is 3.37. The Balaban J connectivity index is 1.40. The molecule has 0 bridgehead atoms. The maximum absolute atomic E-state index is 12.4. The van der Waals surface area contributed by atoms with Crippen molar-refractivity contribution < 1.29 is 13.0 Å². The van der Waals surface area contributed by atoms with Gasteiger partial charge >= 0.3 is 0 Å². The second-order valence-electron chi connectivity index (χ2n) is 5.36. The Hall–Kier alpha value is -2.51. The lowest BCUT2D eigenvalue weighted by Gasteiger charge is -1.96. The molecule has 0 aliphatic rings. The Morgan fingerprint density at radius 1 is 0.960 bits per heavy atom. The molecule has 4 aromatic rings. The van der Waals surface area contributed by atoms with E-state index >= 15 is 0 Å². The third-order valence-corrected chi connectivity index (χ3v) is 5.62. The molecule has 1 atom stereocenters. The zero-order valence-electron chi connectivity index (χ0n) is 13.1. The molecule has 7 heteroatoms. The van der Waals surface area contributed by atoms with Crippen LogP contribution in [-0.4, -0.2) is 14.2 Å². The van der Waals surface area contributed by atoms with Crippen LogP contribution in [0.4, 0.5) is 0 Å². The molecule has 0 aliphatic heterocycles. The minimum absolute atomic E-state index is 0.337. The van der Waals surface area contributed by atoms with Crippen LogP contribution in [0.3, 0.4) is 0 Å². The van der Waals surface area contributed by atoms with Gasteiger partial charge in [0.25, 0.3) is 0 Å². The number of furan rings is 1. The summed E-state index contributed by atoms with van der Waals surface area (Å²) in [5.74, 6) is 1.99. The largest absolute Gasteiger partial charge is 0.462 e. The summed E-state index contributed by atoms with van der Waals surface area (Å²) in [4.78, 5) is 8.89. The highest BCUT2D eigenvalue weighted by molar-refractivity contribution is 7.83. The first-order valence-electron chi connectivity index (χ1n) is 7.61. The molecule has 0 unspecified atom stereocenters. The minimum Gasteiger partial charge on any atom is -0.462 e. The van der Waals surface area contributed by atoms with Gasteiger partial charge in [-0.25, -0.2) is 9.97 Å². The lowest BCUT2D eigenvalue weighted by Crippen LogP contribution is -2.00. The summed E-state index contributed by atoms with van der Waals surface area (Å²) in [5, 5.41) is 2.71. The van der Waals surface area contributed by atoms with Gasteiger partial charge in [-0.2, -0.15) is 0 Å². The average molecular weight is 370 g/mol. The SMILES string of the molecule is O=[S@](Cc1coc(-c2ccccc2)n1)Cc1csc(-c2ccco2)n1. The summed E-state index contributed by atoms with van der Waals surface area (Å²) in [6.45, 7) is 0. The van der Waals surface area contributed by atoms with E-state index in [1.807, 2.05) is 47.8 Å². The highest BCUT2D eigenvalue weighted by Gasteiger charge is 2.13. The van der Waals surface area contributed by atoms with Crippen LogP contribution >= 0.6 is 11.3 Å². The van der Waals surface area contributed by atoms with Gasteiger partial charge in [0.15, 0.2) is 10.8 Å². The quantitative estimate of drug-likeness (QED) is 0.499. The van der Waals surface area contributed by atoms with Crippen LogP contribution in [-0.2, 0) is 22.3 Å². The van der Waals surface area contributed by atoms with Gasteiger partial charge in [0.05, 0.1) is 29.2 Å². The van der Waals surface area contributed by atoms with Crippen molar-refractivity contribution in [3.05, 3.63) is 71.8 Å². The van der Waals surface area contributed by atoms with Gasteiger partial charge in [-0.3, -0.25) is 4.21 Å². The molecule has 0 aliphatic carbocycles. The van der Waals surface area contributed by atoms with E-state index in [0.717, 1.165) is 22.0 Å². The molecule has 25 heavy (non-hydrogen) atoms. The van der Waals surface area contributed by atoms with Crippen molar-refractivity contribution in [3.8, 4) is 22.2 Å². The molecule has 0 saturated carbocycles. The molecule has 0 saturated heterocycles. The fourth-order valence-electron chi connectivity index (χ4n) is 2.35. The van der Waals surface area contributed by atoms with Gasteiger partial charge in [-0.15, -0.1) is 11.3 Å². The molecule has 4 rings (SSSR count). The van der Waals surface area contributed by atoms with E-state index in [1.54, 1.807) is 12.5 Å².